The van der Waals surface area contributed by atoms with E-state index in [0.717, 1.165) is 146 Å². The van der Waals surface area contributed by atoms with Crippen LogP contribution in [0.15, 0.2) is 352 Å². The number of benzene rings is 11. The fourth-order valence-electron chi connectivity index (χ4n) is 12.3. The number of nitrogens with zero attached hydrogens (tertiary/aromatic N) is 4. The van der Waals surface area contributed by atoms with E-state index in [1.54, 1.807) is 0 Å². The molecule has 0 atom stereocenters. The van der Waals surface area contributed by atoms with Crippen molar-refractivity contribution in [2.45, 2.75) is 0 Å². The first kappa shape index (κ1) is 56.2. The summed E-state index contributed by atoms with van der Waals surface area (Å²) in [6, 6.07) is 122. The molecule has 432 valence electrons. The van der Waals surface area contributed by atoms with Gasteiger partial charge in [0.05, 0.1) is 45.6 Å². The van der Waals surface area contributed by atoms with Crippen LogP contribution < -0.4 is 0 Å². The summed E-state index contributed by atoms with van der Waals surface area (Å²) >= 11 is 0. The van der Waals surface area contributed by atoms with E-state index in [-0.39, 0.29) is 5.78 Å². The lowest BCUT2D eigenvalue weighted by molar-refractivity contribution is 0.103. The number of hydrogen-bond donors (Lipinski definition) is 0. The highest BCUT2D eigenvalue weighted by Crippen LogP contribution is 2.48. The zero-order chi connectivity index (χ0) is 61.6. The molecule has 0 N–H and O–H groups in total. The molecule has 0 unspecified atom stereocenters. The molecule has 0 spiro atoms. The van der Waals surface area contributed by atoms with Gasteiger partial charge >= 0.3 is 0 Å². The molecule has 15 rings (SSSR count). The summed E-state index contributed by atoms with van der Waals surface area (Å²) in [6.45, 7) is 0. The molecule has 0 aliphatic heterocycles. The van der Waals surface area contributed by atoms with E-state index in [1.807, 2.05) is 66.7 Å². The van der Waals surface area contributed by atoms with E-state index in [2.05, 4.69) is 285 Å². The Morgan fingerprint density at radius 3 is 0.772 bits per heavy atom. The molecule has 0 fully saturated rings. The zero-order valence-corrected chi connectivity index (χ0v) is 50.2. The minimum absolute atomic E-state index is 0.0362. The van der Waals surface area contributed by atoms with Gasteiger partial charge in [-0.3, -0.25) is 4.79 Å². The van der Waals surface area contributed by atoms with Crippen LogP contribution in [0.5, 0.6) is 0 Å². The van der Waals surface area contributed by atoms with Gasteiger partial charge in [0.2, 0.25) is 0 Å². The van der Waals surface area contributed by atoms with Gasteiger partial charge in [0.1, 0.15) is 0 Å². The fraction of sp³-hybridized carbons (Fsp3) is 0. The lowest BCUT2D eigenvalue weighted by Gasteiger charge is -2.22. The molecule has 15 aromatic rings. The van der Waals surface area contributed by atoms with E-state index in [1.165, 1.54) is 0 Å². The lowest BCUT2D eigenvalue weighted by Crippen LogP contribution is -2.01. The minimum atomic E-state index is -0.0362. The van der Waals surface area contributed by atoms with Gasteiger partial charge in [-0.2, -0.15) is 0 Å². The summed E-state index contributed by atoms with van der Waals surface area (Å²) in [5.41, 5.74) is 25.5. The molecular weight excluding hydrogens is 1120 g/mol. The standard InChI is InChI=1S/C87H58N4O/c92-87(68-44-26-9-27-45-68)69-48-46-59(47-49-69)70-50-73(83-75(60-28-10-1-11-29-60)57-81(90-85(83)66-40-22-7-23-41-66)71-53-77(62-32-14-3-15-33-62)88-78(54-71)63-34-16-4-17-35-63)52-74(51-70)84-76(61-30-12-2-13-31-61)58-82(91-86(84)67-42-24-8-25-43-67)72-55-79(64-36-18-5-19-37-64)89-80(56-72)65-38-20-6-21-39-65/h1-58H. The number of carbonyl (C=O) groups is 1. The molecule has 0 aliphatic rings. The Morgan fingerprint density at radius 2 is 0.446 bits per heavy atom. The molecule has 11 aromatic carbocycles. The number of ketones is 1. The van der Waals surface area contributed by atoms with Crippen LogP contribution in [-0.2, 0) is 0 Å². The summed E-state index contributed by atoms with van der Waals surface area (Å²) in [6.07, 6.45) is 0. The molecule has 5 nitrogen and oxygen atoms in total. The van der Waals surface area contributed by atoms with Crippen LogP contribution >= 0.6 is 0 Å². The van der Waals surface area contributed by atoms with Crippen molar-refractivity contribution in [3.8, 4) is 146 Å². The van der Waals surface area contributed by atoms with Crippen LogP contribution in [0, 0.1) is 0 Å². The van der Waals surface area contributed by atoms with E-state index in [4.69, 9.17) is 19.9 Å². The van der Waals surface area contributed by atoms with Gasteiger partial charge < -0.3 is 0 Å². The summed E-state index contributed by atoms with van der Waals surface area (Å²) in [5.74, 6) is -0.0362. The van der Waals surface area contributed by atoms with Crippen molar-refractivity contribution < 1.29 is 4.79 Å². The fourth-order valence-corrected chi connectivity index (χ4v) is 12.3. The molecule has 0 radical (unpaired) electrons. The number of rotatable bonds is 15. The SMILES string of the molecule is O=C(c1ccccc1)c1ccc(-c2cc(-c3c(-c4ccccc4)cc(-c4cc(-c5ccccc5)nc(-c5ccccc5)c4)nc3-c3ccccc3)cc(-c3c(-c4ccccc4)cc(-c4cc(-c5ccccc5)nc(-c5ccccc5)c4)nc3-c3ccccc3)c2)cc1. The predicted octanol–water partition coefficient (Wildman–Crippen LogP) is 22.2. The van der Waals surface area contributed by atoms with Crippen molar-refractivity contribution >= 4 is 5.78 Å². The molecule has 92 heavy (non-hydrogen) atoms. The largest absolute Gasteiger partial charge is 0.289 e. The summed E-state index contributed by atoms with van der Waals surface area (Å²) in [5, 5.41) is 0. The Labute approximate surface area is 536 Å². The van der Waals surface area contributed by atoms with Crippen molar-refractivity contribution in [1.82, 2.24) is 19.9 Å². The first-order valence-corrected chi connectivity index (χ1v) is 31.0. The predicted molar refractivity (Wildman–Crippen MR) is 378 cm³/mol. The second-order valence-corrected chi connectivity index (χ2v) is 22.8. The third kappa shape index (κ3) is 11.7. The average Bonchev–Trinajstić information content (AvgIpc) is 0.763. The molecule has 0 aliphatic carbocycles. The second kappa shape index (κ2) is 25.4. The van der Waals surface area contributed by atoms with Crippen LogP contribution in [-0.4, -0.2) is 25.7 Å². The van der Waals surface area contributed by atoms with Gasteiger partial charge in [-0.25, -0.2) is 19.9 Å². The molecule has 0 amide bonds. The first-order chi connectivity index (χ1) is 45.5. The van der Waals surface area contributed by atoms with Crippen LogP contribution in [0.3, 0.4) is 0 Å². The lowest BCUT2D eigenvalue weighted by atomic mass is 9.84. The zero-order valence-electron chi connectivity index (χ0n) is 50.2. The highest BCUT2D eigenvalue weighted by molar-refractivity contribution is 6.09. The smallest absolute Gasteiger partial charge is 0.193 e. The van der Waals surface area contributed by atoms with Crippen molar-refractivity contribution in [2.24, 2.45) is 0 Å². The molecule has 0 saturated carbocycles. The maximum Gasteiger partial charge on any atom is 0.193 e. The van der Waals surface area contributed by atoms with Gasteiger partial charge in [0.15, 0.2) is 5.78 Å². The van der Waals surface area contributed by atoms with Crippen molar-refractivity contribution in [1.29, 1.82) is 0 Å². The minimum Gasteiger partial charge on any atom is -0.289 e. The Balaban J connectivity index is 1.02. The monoisotopic (exact) mass is 1170 g/mol. The molecule has 4 heterocycles. The highest BCUT2D eigenvalue weighted by Gasteiger charge is 2.25. The Hall–Kier alpha value is -12.3. The Morgan fingerprint density at radius 1 is 0.185 bits per heavy atom. The Kier molecular flexibility index (Phi) is 15.5. The molecular formula is C87H58N4O. The maximum atomic E-state index is 14.1. The number of aromatic nitrogens is 4. The van der Waals surface area contributed by atoms with Gasteiger partial charge in [0.25, 0.3) is 0 Å². The van der Waals surface area contributed by atoms with E-state index in [0.29, 0.717) is 11.1 Å². The Bertz CT molecular complexity index is 4580. The van der Waals surface area contributed by atoms with Gasteiger partial charge in [-0.1, -0.05) is 297 Å². The van der Waals surface area contributed by atoms with E-state index >= 15 is 0 Å². The van der Waals surface area contributed by atoms with Gasteiger partial charge in [-0.15, -0.1) is 0 Å². The second-order valence-electron chi connectivity index (χ2n) is 22.8. The van der Waals surface area contributed by atoms with E-state index in [9.17, 15) is 4.79 Å². The third-order valence-corrected chi connectivity index (χ3v) is 16.9. The van der Waals surface area contributed by atoms with Crippen LogP contribution in [0.4, 0.5) is 0 Å². The summed E-state index contributed by atoms with van der Waals surface area (Å²) in [4.78, 5) is 36.4. The van der Waals surface area contributed by atoms with Gasteiger partial charge in [-0.05, 0) is 99.1 Å². The van der Waals surface area contributed by atoms with Crippen molar-refractivity contribution in [3.05, 3.63) is 363 Å². The van der Waals surface area contributed by atoms with Crippen LogP contribution in [0.2, 0.25) is 0 Å². The number of hydrogen-bond acceptors (Lipinski definition) is 5. The van der Waals surface area contributed by atoms with Gasteiger partial charge in [0, 0.05) is 66.8 Å². The summed E-state index contributed by atoms with van der Waals surface area (Å²) < 4.78 is 0. The number of carbonyl (C=O) groups excluding carboxylic acids is 1. The third-order valence-electron chi connectivity index (χ3n) is 16.9. The van der Waals surface area contributed by atoms with Crippen LogP contribution in [0.25, 0.3) is 146 Å². The van der Waals surface area contributed by atoms with E-state index < -0.39 is 0 Å². The van der Waals surface area contributed by atoms with Crippen molar-refractivity contribution in [2.75, 3.05) is 0 Å². The normalized spacial score (nSPS) is 11.1. The summed E-state index contributed by atoms with van der Waals surface area (Å²) in [7, 11) is 0. The molecule has 4 aromatic heterocycles. The topological polar surface area (TPSA) is 68.6 Å². The first-order valence-electron chi connectivity index (χ1n) is 31.0. The quantitative estimate of drug-likeness (QED) is 0.0957. The van der Waals surface area contributed by atoms with Crippen LogP contribution in [0.1, 0.15) is 15.9 Å². The number of pyridine rings is 4. The molecule has 0 saturated heterocycles. The maximum absolute atomic E-state index is 14.1. The average molecular weight is 1180 g/mol. The van der Waals surface area contributed by atoms with Crippen molar-refractivity contribution in [3.63, 3.8) is 0 Å². The highest BCUT2D eigenvalue weighted by atomic mass is 16.1. The molecule has 5 heteroatoms. The molecule has 0 bridgehead atoms.